The van der Waals surface area contributed by atoms with Gasteiger partial charge in [0.25, 0.3) is 0 Å². The van der Waals surface area contributed by atoms with Crippen LogP contribution in [-0.2, 0) is 19.0 Å². The highest BCUT2D eigenvalue weighted by Crippen LogP contribution is 2.25. The number of aromatic carboxylic acids is 1. The van der Waals surface area contributed by atoms with Crippen LogP contribution in [0.2, 0.25) is 0 Å². The van der Waals surface area contributed by atoms with Crippen LogP contribution in [-0.4, -0.2) is 35.9 Å². The molecule has 0 saturated heterocycles. The molecule has 2 aromatic heterocycles. The fourth-order valence-corrected chi connectivity index (χ4v) is 2.04. The van der Waals surface area contributed by atoms with Crippen LogP contribution in [0.25, 0.3) is 0 Å². The Balaban J connectivity index is 2.43. The van der Waals surface area contributed by atoms with Gasteiger partial charge in [-0.25, -0.2) is 9.48 Å². The van der Waals surface area contributed by atoms with E-state index in [9.17, 15) is 9.90 Å². The molecule has 0 aromatic carbocycles. The second kappa shape index (κ2) is 4.49. The summed E-state index contributed by atoms with van der Waals surface area (Å²) in [6, 6.07) is 0. The van der Waals surface area contributed by atoms with Crippen LogP contribution in [0, 0.1) is 0 Å². The van der Waals surface area contributed by atoms with Crippen molar-refractivity contribution < 1.29 is 9.90 Å². The largest absolute Gasteiger partial charge is 0.476 e. The number of hydrogen-bond donors (Lipinski definition) is 1. The van der Waals surface area contributed by atoms with E-state index in [2.05, 4.69) is 15.4 Å². The summed E-state index contributed by atoms with van der Waals surface area (Å²) in [6.07, 6.45) is 3.60. The first-order chi connectivity index (χ1) is 8.79. The molecule has 0 aliphatic heterocycles. The van der Waals surface area contributed by atoms with Gasteiger partial charge in [0.2, 0.25) is 0 Å². The maximum atomic E-state index is 11.2. The lowest BCUT2D eigenvalue weighted by atomic mass is 9.90. The molecule has 1 N–H and O–H groups in total. The fraction of sp³-hybridized carbons (Fsp3) is 0.500. The van der Waals surface area contributed by atoms with Crippen LogP contribution >= 0.6 is 0 Å². The van der Waals surface area contributed by atoms with Crippen molar-refractivity contribution in [1.82, 2.24) is 24.8 Å². The maximum Gasteiger partial charge on any atom is 0.358 e. The lowest BCUT2D eigenvalue weighted by molar-refractivity contribution is 0.0687. The molecule has 0 aliphatic rings. The molecule has 0 aliphatic carbocycles. The van der Waals surface area contributed by atoms with E-state index in [0.717, 1.165) is 5.56 Å². The van der Waals surface area contributed by atoms with E-state index in [1.807, 2.05) is 34.0 Å². The van der Waals surface area contributed by atoms with E-state index in [1.54, 1.807) is 15.6 Å². The predicted octanol–water partition coefficient (Wildman–Crippen LogP) is 1.06. The first-order valence-corrected chi connectivity index (χ1v) is 5.94. The predicted molar refractivity (Wildman–Crippen MR) is 68.0 cm³/mol. The van der Waals surface area contributed by atoms with Crippen LogP contribution < -0.4 is 0 Å². The van der Waals surface area contributed by atoms with Gasteiger partial charge in [0, 0.05) is 24.2 Å². The molecule has 102 valence electrons. The standard InChI is InChI=1S/C12H17N5O2/c1-12(2,3)10-9(11(18)19)14-15-17(10)7-8-5-13-16(4)6-8/h5-6H,7H2,1-4H3,(H,18,19). The lowest BCUT2D eigenvalue weighted by Crippen LogP contribution is -2.22. The number of carboxylic acid groups (broad SMARTS) is 1. The zero-order chi connectivity index (χ0) is 14.2. The first-order valence-electron chi connectivity index (χ1n) is 5.94. The average Bonchev–Trinajstić information content (AvgIpc) is 2.84. The Morgan fingerprint density at radius 2 is 2.11 bits per heavy atom. The molecule has 0 unspecified atom stereocenters. The molecular weight excluding hydrogens is 246 g/mol. The minimum Gasteiger partial charge on any atom is -0.476 e. The molecule has 2 rings (SSSR count). The number of aryl methyl sites for hydroxylation is 1. The number of rotatable bonds is 3. The van der Waals surface area contributed by atoms with Crippen molar-refractivity contribution in [3.05, 3.63) is 29.3 Å². The smallest absolute Gasteiger partial charge is 0.358 e. The third-order valence-electron chi connectivity index (χ3n) is 2.74. The number of aromatic nitrogens is 5. The molecule has 2 aromatic rings. The molecule has 0 spiro atoms. The van der Waals surface area contributed by atoms with E-state index in [1.165, 1.54) is 0 Å². The second-order valence-corrected chi connectivity index (χ2v) is 5.52. The molecule has 19 heavy (non-hydrogen) atoms. The van der Waals surface area contributed by atoms with Gasteiger partial charge in [0.15, 0.2) is 5.69 Å². The van der Waals surface area contributed by atoms with Crippen molar-refractivity contribution in [2.45, 2.75) is 32.7 Å². The fourth-order valence-electron chi connectivity index (χ4n) is 2.04. The van der Waals surface area contributed by atoms with Gasteiger partial charge < -0.3 is 5.11 Å². The Morgan fingerprint density at radius 1 is 1.42 bits per heavy atom. The minimum absolute atomic E-state index is 0.0105. The number of carbonyl (C=O) groups is 1. The highest BCUT2D eigenvalue weighted by molar-refractivity contribution is 5.86. The Hall–Kier alpha value is -2.18. The Kier molecular flexibility index (Phi) is 3.13. The summed E-state index contributed by atoms with van der Waals surface area (Å²) >= 11 is 0. The summed E-state index contributed by atoms with van der Waals surface area (Å²) in [5.41, 5.74) is 1.23. The summed E-state index contributed by atoms with van der Waals surface area (Å²) in [6.45, 7) is 6.29. The number of hydrogen-bond acceptors (Lipinski definition) is 4. The molecule has 0 radical (unpaired) electrons. The van der Waals surface area contributed by atoms with Crippen molar-refractivity contribution in [2.24, 2.45) is 7.05 Å². The highest BCUT2D eigenvalue weighted by atomic mass is 16.4. The summed E-state index contributed by atoms with van der Waals surface area (Å²) in [5.74, 6) is -1.05. The van der Waals surface area contributed by atoms with Crippen LogP contribution in [0.5, 0.6) is 0 Å². The van der Waals surface area contributed by atoms with Crippen molar-refractivity contribution in [2.75, 3.05) is 0 Å². The van der Waals surface area contributed by atoms with Crippen LogP contribution in [0.1, 0.15) is 42.5 Å². The molecule has 7 nitrogen and oxygen atoms in total. The molecule has 2 heterocycles. The van der Waals surface area contributed by atoms with Gasteiger partial charge in [-0.3, -0.25) is 4.68 Å². The monoisotopic (exact) mass is 263 g/mol. The van der Waals surface area contributed by atoms with E-state index in [4.69, 9.17) is 0 Å². The number of carboxylic acids is 1. The molecule has 7 heteroatoms. The van der Waals surface area contributed by atoms with Crippen molar-refractivity contribution in [3.63, 3.8) is 0 Å². The van der Waals surface area contributed by atoms with Crippen molar-refractivity contribution in [3.8, 4) is 0 Å². The Morgan fingerprint density at radius 3 is 2.58 bits per heavy atom. The van der Waals surface area contributed by atoms with Crippen LogP contribution in [0.4, 0.5) is 0 Å². The van der Waals surface area contributed by atoms with E-state index in [0.29, 0.717) is 12.2 Å². The molecule has 0 fully saturated rings. The SMILES string of the molecule is Cn1cc(Cn2nnc(C(=O)O)c2C(C)(C)C)cn1. The van der Waals surface area contributed by atoms with Crippen molar-refractivity contribution in [1.29, 1.82) is 0 Å². The first kappa shape index (κ1) is 13.3. The van der Waals surface area contributed by atoms with Gasteiger partial charge in [0.05, 0.1) is 18.4 Å². The summed E-state index contributed by atoms with van der Waals surface area (Å²) in [7, 11) is 1.83. The lowest BCUT2D eigenvalue weighted by Gasteiger charge is -2.20. The zero-order valence-electron chi connectivity index (χ0n) is 11.5. The second-order valence-electron chi connectivity index (χ2n) is 5.52. The average molecular weight is 263 g/mol. The summed E-state index contributed by atoms with van der Waals surface area (Å²) < 4.78 is 3.32. The van der Waals surface area contributed by atoms with Crippen LogP contribution in [0.15, 0.2) is 12.4 Å². The molecule has 0 amide bonds. The maximum absolute atomic E-state index is 11.2. The number of nitrogens with zero attached hydrogens (tertiary/aromatic N) is 5. The van der Waals surface area contributed by atoms with Gasteiger partial charge in [0.1, 0.15) is 0 Å². The molecular formula is C12H17N5O2. The Bertz CT molecular complexity index is 606. The molecule has 0 bridgehead atoms. The minimum atomic E-state index is -1.05. The van der Waals surface area contributed by atoms with Gasteiger partial charge in [-0.1, -0.05) is 26.0 Å². The summed E-state index contributed by atoms with van der Waals surface area (Å²) in [4.78, 5) is 11.2. The summed E-state index contributed by atoms with van der Waals surface area (Å²) in [5, 5.41) is 21.0. The topological polar surface area (TPSA) is 85.8 Å². The zero-order valence-corrected chi connectivity index (χ0v) is 11.5. The third-order valence-corrected chi connectivity index (χ3v) is 2.74. The van der Waals surface area contributed by atoms with Gasteiger partial charge in [-0.2, -0.15) is 5.10 Å². The molecule has 0 atom stereocenters. The van der Waals surface area contributed by atoms with Gasteiger partial charge >= 0.3 is 5.97 Å². The highest BCUT2D eigenvalue weighted by Gasteiger charge is 2.28. The van der Waals surface area contributed by atoms with Gasteiger partial charge in [-0.15, -0.1) is 5.10 Å². The Labute approximate surface area is 110 Å². The van der Waals surface area contributed by atoms with E-state index in [-0.39, 0.29) is 11.1 Å². The van der Waals surface area contributed by atoms with Crippen molar-refractivity contribution >= 4 is 5.97 Å². The third kappa shape index (κ3) is 2.64. The van der Waals surface area contributed by atoms with E-state index >= 15 is 0 Å². The van der Waals surface area contributed by atoms with E-state index < -0.39 is 5.97 Å². The van der Waals surface area contributed by atoms with Crippen LogP contribution in [0.3, 0.4) is 0 Å². The van der Waals surface area contributed by atoms with Gasteiger partial charge in [-0.05, 0) is 0 Å². The molecule has 0 saturated carbocycles. The normalized spacial score (nSPS) is 11.8. The quantitative estimate of drug-likeness (QED) is 0.894.